The minimum absolute atomic E-state index is 0.0334. The first-order chi connectivity index (χ1) is 7.63. The van der Waals surface area contributed by atoms with Crippen molar-refractivity contribution in [2.45, 2.75) is 37.9 Å². The number of alkyl halides is 1. The predicted octanol–water partition coefficient (Wildman–Crippen LogP) is 2.01. The molecule has 3 nitrogen and oxygen atoms in total. The van der Waals surface area contributed by atoms with Crippen molar-refractivity contribution in [1.29, 1.82) is 0 Å². The summed E-state index contributed by atoms with van der Waals surface area (Å²) >= 11 is 3.35. The van der Waals surface area contributed by atoms with Gasteiger partial charge in [-0.05, 0) is 38.3 Å². The summed E-state index contributed by atoms with van der Waals surface area (Å²) in [5.74, 6) is 0.991. The summed E-state index contributed by atoms with van der Waals surface area (Å²) < 4.78 is 0. The Morgan fingerprint density at radius 1 is 1.50 bits per heavy atom. The molecule has 0 spiro atoms. The largest absolute Gasteiger partial charge is 0.354 e. The summed E-state index contributed by atoms with van der Waals surface area (Å²) in [7, 11) is 0. The summed E-state index contributed by atoms with van der Waals surface area (Å²) in [4.78, 5) is 13.9. The van der Waals surface area contributed by atoms with Crippen LogP contribution in [0.1, 0.15) is 33.1 Å². The average molecular weight is 291 g/mol. The third-order valence-corrected chi connectivity index (χ3v) is 4.31. The fraction of sp³-hybridized carbons (Fsp3) is 0.917. The smallest absolute Gasteiger partial charge is 0.233 e. The third-order valence-electron chi connectivity index (χ3n) is 3.25. The Labute approximate surface area is 107 Å². The standard InChI is InChI=1S/C12H23BrN2O/c1-3-11(13)12(16)14-6-9-15-7-4-10(2)5-8-15/h10-11H,3-9H2,1-2H3,(H,14,16). The van der Waals surface area contributed by atoms with Crippen molar-refractivity contribution in [2.75, 3.05) is 26.2 Å². The second-order valence-corrected chi connectivity index (χ2v) is 5.80. The third kappa shape index (κ3) is 4.83. The van der Waals surface area contributed by atoms with Crippen molar-refractivity contribution in [3.63, 3.8) is 0 Å². The van der Waals surface area contributed by atoms with Gasteiger partial charge in [0.1, 0.15) is 0 Å². The zero-order valence-corrected chi connectivity index (χ0v) is 11.9. The number of amides is 1. The lowest BCUT2D eigenvalue weighted by atomic mass is 9.99. The van der Waals surface area contributed by atoms with Gasteiger partial charge < -0.3 is 10.2 Å². The lowest BCUT2D eigenvalue weighted by molar-refractivity contribution is -0.120. The molecule has 1 heterocycles. The Balaban J connectivity index is 2.09. The number of rotatable bonds is 5. The maximum atomic E-state index is 11.5. The number of carbonyl (C=O) groups excluding carboxylic acids is 1. The van der Waals surface area contributed by atoms with Crippen LogP contribution in [0.2, 0.25) is 0 Å². The van der Waals surface area contributed by atoms with Crippen LogP contribution >= 0.6 is 15.9 Å². The molecule has 0 aromatic heterocycles. The molecule has 1 fully saturated rings. The minimum Gasteiger partial charge on any atom is -0.354 e. The number of hydrogen-bond acceptors (Lipinski definition) is 2. The maximum absolute atomic E-state index is 11.5. The van der Waals surface area contributed by atoms with E-state index in [1.165, 1.54) is 25.9 Å². The van der Waals surface area contributed by atoms with Gasteiger partial charge in [0.2, 0.25) is 5.91 Å². The van der Waals surface area contributed by atoms with E-state index in [0.717, 1.165) is 25.4 Å². The van der Waals surface area contributed by atoms with E-state index in [-0.39, 0.29) is 10.7 Å². The Bertz CT molecular complexity index is 215. The van der Waals surface area contributed by atoms with Crippen LogP contribution in [-0.4, -0.2) is 41.8 Å². The van der Waals surface area contributed by atoms with Crippen molar-refractivity contribution in [3.8, 4) is 0 Å². The molecule has 16 heavy (non-hydrogen) atoms. The number of nitrogens with one attached hydrogen (secondary N) is 1. The van der Waals surface area contributed by atoms with Crippen LogP contribution in [0.25, 0.3) is 0 Å². The molecule has 1 unspecified atom stereocenters. The van der Waals surface area contributed by atoms with Crippen LogP contribution in [0, 0.1) is 5.92 Å². The van der Waals surface area contributed by atoms with Crippen LogP contribution in [0.4, 0.5) is 0 Å². The number of likely N-dealkylation sites (tertiary alicyclic amines) is 1. The predicted molar refractivity (Wildman–Crippen MR) is 70.9 cm³/mol. The Hall–Kier alpha value is -0.0900. The Kier molecular flexibility index (Phi) is 6.36. The van der Waals surface area contributed by atoms with Gasteiger partial charge in [-0.3, -0.25) is 4.79 Å². The molecular weight excluding hydrogens is 268 g/mol. The first-order valence-electron chi connectivity index (χ1n) is 6.27. The Morgan fingerprint density at radius 2 is 2.12 bits per heavy atom. The van der Waals surface area contributed by atoms with Crippen LogP contribution < -0.4 is 5.32 Å². The second kappa shape index (κ2) is 7.28. The molecule has 1 saturated heterocycles. The van der Waals surface area contributed by atoms with Crippen molar-refractivity contribution in [2.24, 2.45) is 5.92 Å². The highest BCUT2D eigenvalue weighted by Gasteiger charge is 2.16. The molecule has 0 aromatic carbocycles. The van der Waals surface area contributed by atoms with Crippen LogP contribution in [-0.2, 0) is 4.79 Å². The van der Waals surface area contributed by atoms with Gasteiger partial charge in [0.15, 0.2) is 0 Å². The number of hydrogen-bond donors (Lipinski definition) is 1. The highest BCUT2D eigenvalue weighted by Crippen LogP contribution is 2.15. The minimum atomic E-state index is -0.0334. The second-order valence-electron chi connectivity index (χ2n) is 4.69. The maximum Gasteiger partial charge on any atom is 0.233 e. The molecule has 1 aliphatic rings. The number of halogens is 1. The van der Waals surface area contributed by atoms with Gasteiger partial charge in [-0.2, -0.15) is 0 Å². The number of nitrogens with zero attached hydrogens (tertiary/aromatic N) is 1. The van der Waals surface area contributed by atoms with Gasteiger partial charge in [0.25, 0.3) is 0 Å². The number of carbonyl (C=O) groups is 1. The molecule has 1 amide bonds. The van der Waals surface area contributed by atoms with E-state index in [9.17, 15) is 4.79 Å². The van der Waals surface area contributed by atoms with Crippen LogP contribution in [0.5, 0.6) is 0 Å². The molecule has 1 rings (SSSR count). The summed E-state index contributed by atoms with van der Waals surface area (Å²) in [6.07, 6.45) is 3.43. The Morgan fingerprint density at radius 3 is 2.69 bits per heavy atom. The lowest BCUT2D eigenvalue weighted by Gasteiger charge is -2.30. The van der Waals surface area contributed by atoms with E-state index in [0.29, 0.717) is 0 Å². The normalized spacial score (nSPS) is 20.7. The van der Waals surface area contributed by atoms with E-state index in [2.05, 4.69) is 33.1 Å². The SMILES string of the molecule is CCC(Br)C(=O)NCCN1CCC(C)CC1. The van der Waals surface area contributed by atoms with Crippen molar-refractivity contribution >= 4 is 21.8 Å². The van der Waals surface area contributed by atoms with Crippen molar-refractivity contribution in [3.05, 3.63) is 0 Å². The molecule has 1 aliphatic heterocycles. The van der Waals surface area contributed by atoms with Gasteiger partial charge in [0.05, 0.1) is 4.83 Å². The average Bonchev–Trinajstić information content (AvgIpc) is 2.30. The zero-order valence-electron chi connectivity index (χ0n) is 10.3. The molecule has 0 bridgehead atoms. The first-order valence-corrected chi connectivity index (χ1v) is 7.19. The quantitative estimate of drug-likeness (QED) is 0.786. The molecule has 0 saturated carbocycles. The molecule has 0 aromatic rings. The first kappa shape index (κ1) is 14.0. The molecule has 1 atom stereocenters. The van der Waals surface area contributed by atoms with E-state index in [1.807, 2.05) is 6.92 Å². The van der Waals surface area contributed by atoms with E-state index in [4.69, 9.17) is 0 Å². The van der Waals surface area contributed by atoms with Crippen LogP contribution in [0.15, 0.2) is 0 Å². The molecule has 1 N–H and O–H groups in total. The van der Waals surface area contributed by atoms with Gasteiger partial charge in [0, 0.05) is 13.1 Å². The van der Waals surface area contributed by atoms with E-state index >= 15 is 0 Å². The summed E-state index contributed by atoms with van der Waals surface area (Å²) in [5.41, 5.74) is 0. The molecule has 4 heteroatoms. The summed E-state index contributed by atoms with van der Waals surface area (Å²) in [5, 5.41) is 2.96. The van der Waals surface area contributed by atoms with Gasteiger partial charge >= 0.3 is 0 Å². The fourth-order valence-electron chi connectivity index (χ4n) is 1.92. The fourth-order valence-corrected chi connectivity index (χ4v) is 2.08. The number of piperidine rings is 1. The summed E-state index contributed by atoms with van der Waals surface area (Å²) in [6, 6.07) is 0. The lowest BCUT2D eigenvalue weighted by Crippen LogP contribution is -2.40. The van der Waals surface area contributed by atoms with E-state index < -0.39 is 0 Å². The van der Waals surface area contributed by atoms with Gasteiger partial charge in [-0.15, -0.1) is 0 Å². The summed E-state index contributed by atoms with van der Waals surface area (Å²) in [6.45, 7) is 8.45. The highest BCUT2D eigenvalue weighted by molar-refractivity contribution is 9.10. The van der Waals surface area contributed by atoms with Crippen molar-refractivity contribution < 1.29 is 4.79 Å². The molecular formula is C12H23BrN2O. The molecule has 94 valence electrons. The van der Waals surface area contributed by atoms with Crippen molar-refractivity contribution in [1.82, 2.24) is 10.2 Å². The highest BCUT2D eigenvalue weighted by atomic mass is 79.9. The molecule has 0 radical (unpaired) electrons. The zero-order chi connectivity index (χ0) is 12.0. The van der Waals surface area contributed by atoms with Crippen LogP contribution in [0.3, 0.4) is 0 Å². The van der Waals surface area contributed by atoms with E-state index in [1.54, 1.807) is 0 Å². The topological polar surface area (TPSA) is 32.3 Å². The molecule has 0 aliphatic carbocycles. The van der Waals surface area contributed by atoms with Gasteiger partial charge in [-0.1, -0.05) is 29.8 Å². The van der Waals surface area contributed by atoms with Gasteiger partial charge in [-0.25, -0.2) is 0 Å². The monoisotopic (exact) mass is 290 g/mol.